The van der Waals surface area contributed by atoms with Gasteiger partial charge in [0.15, 0.2) is 4.88 Å². The first-order valence-electron chi connectivity index (χ1n) is 5.08. The maximum Gasteiger partial charge on any atom is 0.349 e. The van der Waals surface area contributed by atoms with Crippen molar-refractivity contribution in [1.29, 1.82) is 0 Å². The number of hydrogen-bond donors (Lipinski definition) is 1. The van der Waals surface area contributed by atoms with Gasteiger partial charge in [0.2, 0.25) is 5.91 Å². The fraction of sp³-hybridized carbons (Fsp3) is 0.455. The van der Waals surface area contributed by atoms with Gasteiger partial charge in [-0.05, 0) is 13.0 Å². The average Bonchev–Trinajstić information content (AvgIpc) is 2.59. The number of nitrogens with zero attached hydrogens (tertiary/aromatic N) is 1. The van der Waals surface area contributed by atoms with Crippen LogP contribution in [0.15, 0.2) is 6.07 Å². The van der Waals surface area contributed by atoms with Crippen LogP contribution >= 0.6 is 11.3 Å². The van der Waals surface area contributed by atoms with E-state index in [0.717, 1.165) is 4.88 Å². The number of carbonyl (C=O) groups excluding carboxylic acids is 1. The quantitative estimate of drug-likeness (QED) is 0.870. The highest BCUT2D eigenvalue weighted by Gasteiger charge is 2.15. The van der Waals surface area contributed by atoms with Crippen LogP contribution < -0.4 is 4.74 Å². The van der Waals surface area contributed by atoms with E-state index in [9.17, 15) is 9.59 Å². The first-order chi connectivity index (χ1) is 7.91. The molecular formula is C11H15NO4S. The summed E-state index contributed by atoms with van der Waals surface area (Å²) in [5.74, 6) is -0.711. The molecule has 0 radical (unpaired) electrons. The molecule has 5 nitrogen and oxygen atoms in total. The number of carboxylic acid groups (broad SMARTS) is 1. The summed E-state index contributed by atoms with van der Waals surface area (Å²) >= 11 is 1.17. The lowest BCUT2D eigenvalue weighted by Gasteiger charge is -2.10. The molecule has 0 spiro atoms. The highest BCUT2D eigenvalue weighted by molar-refractivity contribution is 7.14. The lowest BCUT2D eigenvalue weighted by Crippen LogP contribution is -2.23. The van der Waals surface area contributed by atoms with Gasteiger partial charge < -0.3 is 14.7 Å². The maximum atomic E-state index is 11.3. The molecule has 1 rings (SSSR count). The van der Waals surface area contributed by atoms with Crippen LogP contribution in [0.25, 0.3) is 0 Å². The zero-order valence-electron chi connectivity index (χ0n) is 10.0. The van der Waals surface area contributed by atoms with Crippen LogP contribution in [0, 0.1) is 6.92 Å². The van der Waals surface area contributed by atoms with Gasteiger partial charge in [-0.1, -0.05) is 0 Å². The number of thiophene rings is 1. The number of ether oxygens (including phenoxy) is 1. The van der Waals surface area contributed by atoms with Crippen molar-refractivity contribution in [3.05, 3.63) is 15.8 Å². The van der Waals surface area contributed by atoms with Crippen LogP contribution in [0.4, 0.5) is 0 Å². The Balaban J connectivity index is 2.57. The van der Waals surface area contributed by atoms with E-state index < -0.39 is 5.97 Å². The zero-order valence-corrected chi connectivity index (χ0v) is 10.8. The monoisotopic (exact) mass is 257 g/mol. The Morgan fingerprint density at radius 3 is 2.65 bits per heavy atom. The third-order valence-electron chi connectivity index (χ3n) is 2.09. The smallest absolute Gasteiger partial charge is 0.349 e. The van der Waals surface area contributed by atoms with Gasteiger partial charge in [0.25, 0.3) is 0 Å². The summed E-state index contributed by atoms with van der Waals surface area (Å²) in [5, 5.41) is 8.93. The Labute approximate surface area is 104 Å². The highest BCUT2D eigenvalue weighted by atomic mass is 32.1. The van der Waals surface area contributed by atoms with E-state index in [4.69, 9.17) is 9.84 Å². The van der Waals surface area contributed by atoms with Gasteiger partial charge in [-0.25, -0.2) is 4.79 Å². The molecule has 6 heteroatoms. The first kappa shape index (κ1) is 13.5. The molecule has 94 valence electrons. The Hall–Kier alpha value is -1.56. The van der Waals surface area contributed by atoms with Gasteiger partial charge in [-0.2, -0.15) is 0 Å². The lowest BCUT2D eigenvalue weighted by molar-refractivity contribution is -0.129. The second-order valence-corrected chi connectivity index (χ2v) is 5.00. The standard InChI is InChI=1S/C11H15NO4S/c1-7-6-8(10(17-7)11(14)15)16-5-4-9(13)12(2)3/h6H,4-5H2,1-3H3,(H,14,15). The molecule has 17 heavy (non-hydrogen) atoms. The number of rotatable bonds is 5. The van der Waals surface area contributed by atoms with Gasteiger partial charge in [-0.3, -0.25) is 4.79 Å². The van der Waals surface area contributed by atoms with Crippen molar-refractivity contribution in [2.24, 2.45) is 0 Å². The van der Waals surface area contributed by atoms with E-state index >= 15 is 0 Å². The summed E-state index contributed by atoms with van der Waals surface area (Å²) in [6, 6.07) is 1.67. The Morgan fingerprint density at radius 1 is 1.47 bits per heavy atom. The first-order valence-corrected chi connectivity index (χ1v) is 5.90. The molecule has 0 aliphatic carbocycles. The van der Waals surface area contributed by atoms with E-state index in [-0.39, 0.29) is 23.8 Å². The summed E-state index contributed by atoms with van der Waals surface area (Å²) in [6.07, 6.45) is 0.237. The van der Waals surface area contributed by atoms with E-state index in [2.05, 4.69) is 0 Å². The van der Waals surface area contributed by atoms with Gasteiger partial charge in [-0.15, -0.1) is 11.3 Å². The van der Waals surface area contributed by atoms with E-state index in [1.54, 1.807) is 20.2 Å². The molecule has 0 aliphatic rings. The summed E-state index contributed by atoms with van der Waals surface area (Å²) in [4.78, 5) is 24.7. The topological polar surface area (TPSA) is 66.8 Å². The number of aryl methyl sites for hydroxylation is 1. The maximum absolute atomic E-state index is 11.3. The van der Waals surface area contributed by atoms with Crippen molar-refractivity contribution in [3.63, 3.8) is 0 Å². The van der Waals surface area contributed by atoms with E-state index in [1.165, 1.54) is 16.2 Å². The van der Waals surface area contributed by atoms with Crippen LogP contribution in [0.5, 0.6) is 5.75 Å². The minimum atomic E-state index is -1.00. The summed E-state index contributed by atoms with van der Waals surface area (Å²) < 4.78 is 5.32. The van der Waals surface area contributed by atoms with Crippen LogP contribution in [0.3, 0.4) is 0 Å². The number of carbonyl (C=O) groups is 2. The van der Waals surface area contributed by atoms with Crippen molar-refractivity contribution in [2.45, 2.75) is 13.3 Å². The molecule has 0 saturated heterocycles. The zero-order chi connectivity index (χ0) is 13.0. The summed E-state index contributed by atoms with van der Waals surface area (Å²) in [5.41, 5.74) is 0. The van der Waals surface area contributed by atoms with Crippen molar-refractivity contribution in [2.75, 3.05) is 20.7 Å². The molecule has 1 aromatic heterocycles. The molecule has 1 amide bonds. The van der Waals surface area contributed by atoms with Crippen LogP contribution in [0.2, 0.25) is 0 Å². The molecule has 0 saturated carbocycles. The predicted molar refractivity (Wildman–Crippen MR) is 64.8 cm³/mol. The second-order valence-electron chi connectivity index (χ2n) is 3.74. The number of aromatic carboxylic acids is 1. The van der Waals surface area contributed by atoms with Crippen molar-refractivity contribution in [1.82, 2.24) is 4.90 Å². The minimum Gasteiger partial charge on any atom is -0.491 e. The molecule has 0 atom stereocenters. The Bertz CT molecular complexity index is 425. The van der Waals surface area contributed by atoms with Crippen LogP contribution in [-0.4, -0.2) is 42.6 Å². The lowest BCUT2D eigenvalue weighted by atomic mass is 10.4. The van der Waals surface area contributed by atoms with Crippen LogP contribution in [-0.2, 0) is 4.79 Å². The predicted octanol–water partition coefficient (Wildman–Crippen LogP) is 1.61. The van der Waals surface area contributed by atoms with E-state index in [0.29, 0.717) is 5.75 Å². The van der Waals surface area contributed by atoms with Gasteiger partial charge in [0.1, 0.15) is 5.75 Å². The molecule has 0 bridgehead atoms. The summed E-state index contributed by atoms with van der Waals surface area (Å²) in [7, 11) is 3.33. The molecule has 1 heterocycles. The van der Waals surface area contributed by atoms with Gasteiger partial charge in [0, 0.05) is 19.0 Å². The van der Waals surface area contributed by atoms with Crippen LogP contribution in [0.1, 0.15) is 21.0 Å². The summed E-state index contributed by atoms with van der Waals surface area (Å²) in [6.45, 7) is 2.00. The van der Waals surface area contributed by atoms with Crippen molar-refractivity contribution in [3.8, 4) is 5.75 Å². The molecule has 1 aromatic rings. The highest BCUT2D eigenvalue weighted by Crippen LogP contribution is 2.28. The van der Waals surface area contributed by atoms with E-state index in [1.807, 2.05) is 6.92 Å². The molecule has 1 N–H and O–H groups in total. The van der Waals surface area contributed by atoms with Gasteiger partial charge >= 0.3 is 5.97 Å². The number of amides is 1. The Morgan fingerprint density at radius 2 is 2.12 bits per heavy atom. The fourth-order valence-electron chi connectivity index (χ4n) is 1.22. The third-order valence-corrected chi connectivity index (χ3v) is 3.11. The molecule has 0 aliphatic heterocycles. The minimum absolute atomic E-state index is 0.0474. The third kappa shape index (κ3) is 3.74. The normalized spacial score (nSPS) is 10.1. The molecule has 0 aromatic carbocycles. The molecule has 0 fully saturated rings. The molecule has 0 unspecified atom stereocenters. The Kier molecular flexibility index (Phi) is 4.51. The number of carboxylic acids is 1. The van der Waals surface area contributed by atoms with Crippen molar-refractivity contribution >= 4 is 23.2 Å². The average molecular weight is 257 g/mol. The fourth-order valence-corrected chi connectivity index (χ4v) is 2.01. The largest absolute Gasteiger partial charge is 0.491 e. The second kappa shape index (κ2) is 5.67. The SMILES string of the molecule is Cc1cc(OCCC(=O)N(C)C)c(C(=O)O)s1. The molecular weight excluding hydrogens is 242 g/mol. The van der Waals surface area contributed by atoms with Gasteiger partial charge in [0.05, 0.1) is 13.0 Å². The van der Waals surface area contributed by atoms with Crippen molar-refractivity contribution < 1.29 is 19.4 Å². The number of hydrogen-bond acceptors (Lipinski definition) is 4.